The second-order valence-electron chi connectivity index (χ2n) is 6.92. The van der Waals surface area contributed by atoms with Crippen molar-refractivity contribution in [3.05, 3.63) is 58.1 Å². The highest BCUT2D eigenvalue weighted by Gasteiger charge is 2.18. The minimum Gasteiger partial charge on any atom is -0.341 e. The van der Waals surface area contributed by atoms with Crippen LogP contribution in [0.2, 0.25) is 10.0 Å². The first-order valence-electron chi connectivity index (χ1n) is 9.39. The lowest BCUT2D eigenvalue weighted by molar-refractivity contribution is 0.568. The van der Waals surface area contributed by atoms with Crippen molar-refractivity contribution < 1.29 is 0 Å². The average molecular weight is 414 g/mol. The van der Waals surface area contributed by atoms with Gasteiger partial charge in [-0.15, -0.1) is 0 Å². The summed E-state index contributed by atoms with van der Waals surface area (Å²) in [5, 5.41) is 4.62. The fourth-order valence-corrected chi connectivity index (χ4v) is 3.57. The molecule has 1 aliphatic rings. The second kappa shape index (κ2) is 8.33. The van der Waals surface area contributed by atoms with Crippen LogP contribution in [0.25, 0.3) is 11.4 Å². The molecule has 0 radical (unpaired) electrons. The van der Waals surface area contributed by atoms with Gasteiger partial charge in [-0.3, -0.25) is 0 Å². The molecule has 0 saturated carbocycles. The van der Waals surface area contributed by atoms with Crippen LogP contribution < -0.4 is 10.2 Å². The van der Waals surface area contributed by atoms with Crippen molar-refractivity contribution >= 4 is 40.8 Å². The van der Waals surface area contributed by atoms with E-state index in [0.717, 1.165) is 42.7 Å². The zero-order valence-corrected chi connectivity index (χ0v) is 17.1. The average Bonchev–Trinajstić information content (AvgIpc) is 2.72. The summed E-state index contributed by atoms with van der Waals surface area (Å²) in [7, 11) is 0. The summed E-state index contributed by atoms with van der Waals surface area (Å²) >= 11 is 12.2. The third-order valence-corrected chi connectivity index (χ3v) is 5.29. The molecule has 2 heterocycles. The summed E-state index contributed by atoms with van der Waals surface area (Å²) in [6.07, 6.45) is 3.55. The molecule has 0 aliphatic carbocycles. The fourth-order valence-electron chi connectivity index (χ4n) is 3.27. The Morgan fingerprint density at radius 2 is 1.57 bits per heavy atom. The van der Waals surface area contributed by atoms with Gasteiger partial charge in [0.1, 0.15) is 0 Å². The van der Waals surface area contributed by atoms with E-state index in [1.54, 1.807) is 0 Å². The molecule has 0 amide bonds. The van der Waals surface area contributed by atoms with Gasteiger partial charge in [-0.05, 0) is 68.1 Å². The molecule has 144 valence electrons. The van der Waals surface area contributed by atoms with Crippen LogP contribution in [0.4, 0.5) is 17.6 Å². The maximum atomic E-state index is 6.23. The highest BCUT2D eigenvalue weighted by atomic mass is 35.5. The molecule has 1 fully saturated rings. The molecule has 28 heavy (non-hydrogen) atoms. The quantitative estimate of drug-likeness (QED) is 0.577. The summed E-state index contributed by atoms with van der Waals surface area (Å²) in [6.45, 7) is 3.94. The predicted octanol–water partition coefficient (Wildman–Crippen LogP) is 5.89. The Hall–Kier alpha value is -2.37. The molecule has 3 aromatic rings. The van der Waals surface area contributed by atoms with E-state index in [9.17, 15) is 0 Å². The van der Waals surface area contributed by atoms with Gasteiger partial charge in [0, 0.05) is 34.4 Å². The van der Waals surface area contributed by atoms with E-state index in [4.69, 9.17) is 28.2 Å². The Balaban J connectivity index is 1.76. The molecule has 1 aliphatic heterocycles. The third kappa shape index (κ3) is 4.37. The van der Waals surface area contributed by atoms with E-state index < -0.39 is 0 Å². The Morgan fingerprint density at radius 1 is 0.857 bits per heavy atom. The topological polar surface area (TPSA) is 53.9 Å². The number of halogens is 2. The van der Waals surface area contributed by atoms with E-state index in [0.29, 0.717) is 27.8 Å². The van der Waals surface area contributed by atoms with Crippen LogP contribution in [0.5, 0.6) is 0 Å². The Morgan fingerprint density at radius 3 is 2.32 bits per heavy atom. The Labute approximate surface area is 174 Å². The monoisotopic (exact) mass is 413 g/mol. The summed E-state index contributed by atoms with van der Waals surface area (Å²) < 4.78 is 0. The highest BCUT2D eigenvalue weighted by Crippen LogP contribution is 2.28. The van der Waals surface area contributed by atoms with E-state index in [1.165, 1.54) is 6.42 Å². The van der Waals surface area contributed by atoms with Crippen molar-refractivity contribution in [1.82, 2.24) is 15.0 Å². The number of hydrogen-bond donors (Lipinski definition) is 1. The van der Waals surface area contributed by atoms with Crippen molar-refractivity contribution in [2.24, 2.45) is 0 Å². The molecule has 0 atom stereocenters. The van der Waals surface area contributed by atoms with Gasteiger partial charge < -0.3 is 10.2 Å². The largest absolute Gasteiger partial charge is 0.341 e. The molecule has 2 aromatic carbocycles. The lowest BCUT2D eigenvalue weighted by atomic mass is 10.1. The van der Waals surface area contributed by atoms with Gasteiger partial charge in [-0.2, -0.15) is 15.0 Å². The first-order chi connectivity index (χ1) is 13.6. The number of benzene rings is 2. The molecule has 1 saturated heterocycles. The smallest absolute Gasteiger partial charge is 0.232 e. The molecular weight excluding hydrogens is 393 g/mol. The number of piperidine rings is 1. The van der Waals surface area contributed by atoms with Crippen molar-refractivity contribution in [2.45, 2.75) is 26.2 Å². The summed E-state index contributed by atoms with van der Waals surface area (Å²) in [5.41, 5.74) is 2.85. The fraction of sp³-hybridized carbons (Fsp3) is 0.286. The second-order valence-corrected chi connectivity index (χ2v) is 7.79. The van der Waals surface area contributed by atoms with E-state index in [-0.39, 0.29) is 0 Å². The van der Waals surface area contributed by atoms with Crippen LogP contribution in [0.3, 0.4) is 0 Å². The third-order valence-electron chi connectivity index (χ3n) is 4.80. The van der Waals surface area contributed by atoms with Crippen molar-refractivity contribution in [1.29, 1.82) is 0 Å². The van der Waals surface area contributed by atoms with Crippen molar-refractivity contribution in [3.8, 4) is 11.4 Å². The number of aryl methyl sites for hydroxylation is 1. The van der Waals surface area contributed by atoms with Crippen LogP contribution in [0.15, 0.2) is 42.5 Å². The highest BCUT2D eigenvalue weighted by molar-refractivity contribution is 6.31. The van der Waals surface area contributed by atoms with Gasteiger partial charge in [0.2, 0.25) is 11.9 Å². The minimum atomic E-state index is 0.507. The van der Waals surface area contributed by atoms with Gasteiger partial charge in [0.15, 0.2) is 5.82 Å². The van der Waals surface area contributed by atoms with Crippen LogP contribution in [0.1, 0.15) is 24.8 Å². The standard InChI is InChI=1S/C21H21Cl2N5/c1-14-5-6-16(23)13-18(14)19-25-20(24-17-9-7-15(22)8-10-17)27-21(26-19)28-11-3-2-4-12-28/h5-10,13H,2-4,11-12H2,1H3,(H,24,25,26,27). The first-order valence-corrected chi connectivity index (χ1v) is 10.1. The molecule has 1 N–H and O–H groups in total. The van der Waals surface area contributed by atoms with Gasteiger partial charge in [-0.25, -0.2) is 0 Å². The Kier molecular flexibility index (Phi) is 5.64. The number of aromatic nitrogens is 3. The summed E-state index contributed by atoms with van der Waals surface area (Å²) in [4.78, 5) is 16.3. The number of nitrogens with zero attached hydrogens (tertiary/aromatic N) is 4. The number of hydrogen-bond acceptors (Lipinski definition) is 5. The van der Waals surface area contributed by atoms with E-state index in [1.807, 2.05) is 49.4 Å². The van der Waals surface area contributed by atoms with Gasteiger partial charge >= 0.3 is 0 Å². The van der Waals surface area contributed by atoms with E-state index in [2.05, 4.69) is 20.2 Å². The summed E-state index contributed by atoms with van der Waals surface area (Å²) in [6, 6.07) is 13.2. The maximum Gasteiger partial charge on any atom is 0.232 e. The SMILES string of the molecule is Cc1ccc(Cl)cc1-c1nc(Nc2ccc(Cl)cc2)nc(N2CCCCC2)n1. The lowest BCUT2D eigenvalue weighted by Crippen LogP contribution is -2.31. The normalized spacial score (nSPS) is 14.2. The zero-order valence-electron chi connectivity index (χ0n) is 15.6. The molecule has 5 nitrogen and oxygen atoms in total. The molecule has 0 bridgehead atoms. The first kappa shape index (κ1) is 19.0. The maximum absolute atomic E-state index is 6.23. The van der Waals surface area contributed by atoms with Crippen LogP contribution in [-0.2, 0) is 0 Å². The molecule has 1 aromatic heterocycles. The van der Waals surface area contributed by atoms with Crippen LogP contribution >= 0.6 is 23.2 Å². The van der Waals surface area contributed by atoms with Gasteiger partial charge in [0.05, 0.1) is 0 Å². The predicted molar refractivity (Wildman–Crippen MR) is 116 cm³/mol. The summed E-state index contributed by atoms with van der Waals surface area (Å²) in [5.74, 6) is 1.82. The minimum absolute atomic E-state index is 0.507. The van der Waals surface area contributed by atoms with E-state index >= 15 is 0 Å². The molecule has 7 heteroatoms. The molecule has 0 spiro atoms. The molecular formula is C21H21Cl2N5. The van der Waals surface area contributed by atoms with Gasteiger partial charge in [0.25, 0.3) is 0 Å². The van der Waals surface area contributed by atoms with Gasteiger partial charge in [-0.1, -0.05) is 29.3 Å². The molecule has 0 unspecified atom stereocenters. The number of anilines is 3. The Bertz CT molecular complexity index is 969. The molecule has 4 rings (SSSR count). The number of nitrogens with one attached hydrogen (secondary N) is 1. The van der Waals surface area contributed by atoms with Crippen molar-refractivity contribution in [2.75, 3.05) is 23.3 Å². The van der Waals surface area contributed by atoms with Crippen LogP contribution in [0, 0.1) is 6.92 Å². The zero-order chi connectivity index (χ0) is 19.5. The number of rotatable bonds is 4. The van der Waals surface area contributed by atoms with Crippen molar-refractivity contribution in [3.63, 3.8) is 0 Å². The lowest BCUT2D eigenvalue weighted by Gasteiger charge is -2.27. The van der Waals surface area contributed by atoms with Crippen LogP contribution in [-0.4, -0.2) is 28.0 Å².